The number of hydrogen-bond acceptors (Lipinski definition) is 2. The molecule has 0 saturated heterocycles. The first kappa shape index (κ1) is 18.2. The minimum atomic E-state index is 0.106. The number of nitrogens with one attached hydrogen (secondary N) is 1. The molecule has 0 aliphatic rings. The predicted molar refractivity (Wildman–Crippen MR) is 99.6 cm³/mol. The fraction of sp³-hybridized carbons (Fsp3) is 0.381. The van der Waals surface area contributed by atoms with Gasteiger partial charge in [-0.05, 0) is 31.9 Å². The van der Waals surface area contributed by atoms with E-state index in [2.05, 4.69) is 79.5 Å². The topological polar surface area (TPSA) is 32.3 Å². The highest BCUT2D eigenvalue weighted by Gasteiger charge is 2.12. The number of benzene rings is 2. The highest BCUT2D eigenvalue weighted by atomic mass is 16.1. The Morgan fingerprint density at radius 3 is 2.29 bits per heavy atom. The van der Waals surface area contributed by atoms with E-state index in [0.717, 1.165) is 18.7 Å². The second kappa shape index (κ2) is 9.24. The van der Waals surface area contributed by atoms with Crippen molar-refractivity contribution in [1.29, 1.82) is 0 Å². The zero-order chi connectivity index (χ0) is 17.4. The summed E-state index contributed by atoms with van der Waals surface area (Å²) in [6.07, 6.45) is 0.525. The molecule has 0 spiro atoms. The minimum Gasteiger partial charge on any atom is -0.352 e. The van der Waals surface area contributed by atoms with Crippen molar-refractivity contribution in [3.63, 3.8) is 0 Å². The van der Waals surface area contributed by atoms with Crippen LogP contribution in [0.15, 0.2) is 54.6 Å². The van der Waals surface area contributed by atoms with Gasteiger partial charge in [0.05, 0.1) is 0 Å². The lowest BCUT2D eigenvalue weighted by Crippen LogP contribution is -2.34. The molecule has 0 bridgehead atoms. The third-order valence-corrected chi connectivity index (χ3v) is 4.20. The molecule has 0 heterocycles. The van der Waals surface area contributed by atoms with Gasteiger partial charge in [-0.3, -0.25) is 9.69 Å². The summed E-state index contributed by atoms with van der Waals surface area (Å²) in [5.74, 6) is 0.106. The van der Waals surface area contributed by atoms with E-state index in [-0.39, 0.29) is 5.91 Å². The van der Waals surface area contributed by atoms with Crippen LogP contribution in [0.4, 0.5) is 0 Å². The number of hydrogen-bond donors (Lipinski definition) is 1. The average molecular weight is 324 g/mol. The second-order valence-electron chi connectivity index (χ2n) is 6.56. The van der Waals surface area contributed by atoms with Gasteiger partial charge >= 0.3 is 0 Å². The summed E-state index contributed by atoms with van der Waals surface area (Å²) in [5.41, 5.74) is 3.66. The summed E-state index contributed by atoms with van der Waals surface area (Å²) in [5, 5.41) is 3.01. The maximum atomic E-state index is 12.1. The first-order valence-electron chi connectivity index (χ1n) is 8.65. The number of nitrogens with zero attached hydrogens (tertiary/aromatic N) is 1. The van der Waals surface area contributed by atoms with E-state index < -0.39 is 0 Å². The summed E-state index contributed by atoms with van der Waals surface area (Å²) in [4.78, 5) is 14.5. The number of aryl methyl sites for hydroxylation is 1. The molecule has 0 atom stereocenters. The predicted octanol–water partition coefficient (Wildman–Crippen LogP) is 3.91. The standard InChI is InChI=1S/C21H28N2O/c1-17(2)23(16-20-7-5-4-6-8-20)14-13-21(24)22-15-19-11-9-18(3)10-12-19/h4-12,17H,13-16H2,1-3H3,(H,22,24). The molecular formula is C21H28N2O. The van der Waals surface area contributed by atoms with Crippen molar-refractivity contribution in [2.45, 2.75) is 46.3 Å². The van der Waals surface area contributed by atoms with E-state index in [9.17, 15) is 4.79 Å². The van der Waals surface area contributed by atoms with Gasteiger partial charge in [-0.25, -0.2) is 0 Å². The summed E-state index contributed by atoms with van der Waals surface area (Å²) < 4.78 is 0. The maximum absolute atomic E-state index is 12.1. The number of rotatable bonds is 8. The molecule has 1 amide bonds. The van der Waals surface area contributed by atoms with Gasteiger partial charge in [0.1, 0.15) is 0 Å². The summed E-state index contributed by atoms with van der Waals surface area (Å²) in [6.45, 7) is 8.66. The molecule has 0 radical (unpaired) electrons. The van der Waals surface area contributed by atoms with Gasteiger partial charge in [-0.1, -0.05) is 60.2 Å². The molecule has 0 aliphatic carbocycles. The Morgan fingerprint density at radius 2 is 1.67 bits per heavy atom. The highest BCUT2D eigenvalue weighted by molar-refractivity contribution is 5.76. The van der Waals surface area contributed by atoms with Gasteiger partial charge in [-0.15, -0.1) is 0 Å². The molecule has 0 unspecified atom stereocenters. The van der Waals surface area contributed by atoms with Crippen LogP contribution in [0.5, 0.6) is 0 Å². The van der Waals surface area contributed by atoms with Crippen molar-refractivity contribution in [3.05, 3.63) is 71.3 Å². The van der Waals surface area contributed by atoms with Crippen LogP contribution in [0.3, 0.4) is 0 Å². The molecule has 128 valence electrons. The second-order valence-corrected chi connectivity index (χ2v) is 6.56. The maximum Gasteiger partial charge on any atom is 0.221 e. The highest BCUT2D eigenvalue weighted by Crippen LogP contribution is 2.09. The largest absolute Gasteiger partial charge is 0.352 e. The van der Waals surface area contributed by atoms with Gasteiger partial charge in [0, 0.05) is 32.1 Å². The van der Waals surface area contributed by atoms with Crippen LogP contribution in [0, 0.1) is 6.92 Å². The summed E-state index contributed by atoms with van der Waals surface area (Å²) in [7, 11) is 0. The normalized spacial score (nSPS) is 11.0. The van der Waals surface area contributed by atoms with Crippen LogP contribution >= 0.6 is 0 Å². The zero-order valence-electron chi connectivity index (χ0n) is 15.0. The number of carbonyl (C=O) groups excluding carboxylic acids is 1. The molecule has 24 heavy (non-hydrogen) atoms. The molecular weight excluding hydrogens is 296 g/mol. The molecule has 2 aromatic carbocycles. The Bertz CT molecular complexity index is 620. The van der Waals surface area contributed by atoms with E-state index in [4.69, 9.17) is 0 Å². The van der Waals surface area contributed by atoms with Crippen molar-refractivity contribution in [3.8, 4) is 0 Å². The van der Waals surface area contributed by atoms with Gasteiger partial charge in [0.2, 0.25) is 5.91 Å². The van der Waals surface area contributed by atoms with Gasteiger partial charge in [0.25, 0.3) is 0 Å². The molecule has 0 fully saturated rings. The Kier molecular flexibility index (Phi) is 7.01. The fourth-order valence-corrected chi connectivity index (χ4v) is 2.58. The molecule has 1 N–H and O–H groups in total. The Balaban J connectivity index is 1.78. The van der Waals surface area contributed by atoms with Crippen molar-refractivity contribution in [1.82, 2.24) is 10.2 Å². The van der Waals surface area contributed by atoms with E-state index in [1.54, 1.807) is 0 Å². The van der Waals surface area contributed by atoms with Crippen LogP contribution in [0.2, 0.25) is 0 Å². The smallest absolute Gasteiger partial charge is 0.221 e. The van der Waals surface area contributed by atoms with E-state index in [1.165, 1.54) is 11.1 Å². The fourth-order valence-electron chi connectivity index (χ4n) is 2.58. The molecule has 3 heteroatoms. The molecule has 3 nitrogen and oxygen atoms in total. The number of carbonyl (C=O) groups is 1. The van der Waals surface area contributed by atoms with Crippen LogP contribution < -0.4 is 5.32 Å². The van der Waals surface area contributed by atoms with Crippen LogP contribution in [0.1, 0.15) is 37.0 Å². The van der Waals surface area contributed by atoms with Crippen molar-refractivity contribution in [2.75, 3.05) is 6.54 Å². The van der Waals surface area contributed by atoms with Crippen LogP contribution in [-0.4, -0.2) is 23.4 Å². The van der Waals surface area contributed by atoms with Crippen molar-refractivity contribution < 1.29 is 4.79 Å². The van der Waals surface area contributed by atoms with Gasteiger partial charge in [0.15, 0.2) is 0 Å². The molecule has 2 aromatic rings. The Morgan fingerprint density at radius 1 is 1.00 bits per heavy atom. The van der Waals surface area contributed by atoms with E-state index in [0.29, 0.717) is 19.0 Å². The third-order valence-electron chi connectivity index (χ3n) is 4.20. The number of amides is 1. The lowest BCUT2D eigenvalue weighted by molar-refractivity contribution is -0.121. The van der Waals surface area contributed by atoms with Gasteiger partial charge < -0.3 is 5.32 Å². The summed E-state index contributed by atoms with van der Waals surface area (Å²) >= 11 is 0. The quantitative estimate of drug-likeness (QED) is 0.798. The van der Waals surface area contributed by atoms with Crippen molar-refractivity contribution in [2.24, 2.45) is 0 Å². The zero-order valence-corrected chi connectivity index (χ0v) is 15.0. The SMILES string of the molecule is Cc1ccc(CNC(=O)CCN(Cc2ccccc2)C(C)C)cc1. The summed E-state index contributed by atoms with van der Waals surface area (Å²) in [6, 6.07) is 19.1. The minimum absolute atomic E-state index is 0.106. The molecule has 0 aromatic heterocycles. The first-order chi connectivity index (χ1) is 11.5. The molecule has 2 rings (SSSR count). The Labute approximate surface area is 145 Å². The average Bonchev–Trinajstić information content (AvgIpc) is 2.58. The van der Waals surface area contributed by atoms with E-state index >= 15 is 0 Å². The van der Waals surface area contributed by atoms with Crippen molar-refractivity contribution >= 4 is 5.91 Å². The van der Waals surface area contributed by atoms with Crippen LogP contribution in [0.25, 0.3) is 0 Å². The Hall–Kier alpha value is -2.13. The lowest BCUT2D eigenvalue weighted by Gasteiger charge is -2.26. The third kappa shape index (κ3) is 6.17. The molecule has 0 saturated carbocycles. The monoisotopic (exact) mass is 324 g/mol. The first-order valence-corrected chi connectivity index (χ1v) is 8.65. The molecule has 0 aliphatic heterocycles. The van der Waals surface area contributed by atoms with Crippen LogP contribution in [-0.2, 0) is 17.9 Å². The lowest BCUT2D eigenvalue weighted by atomic mass is 10.1. The van der Waals surface area contributed by atoms with E-state index in [1.807, 2.05) is 6.07 Å². The van der Waals surface area contributed by atoms with Gasteiger partial charge in [-0.2, -0.15) is 0 Å².